The lowest BCUT2D eigenvalue weighted by Gasteiger charge is -2.18. The van der Waals surface area contributed by atoms with E-state index < -0.39 is 28.0 Å². The number of rotatable bonds is 3. The predicted molar refractivity (Wildman–Crippen MR) is 61.5 cm³/mol. The highest BCUT2D eigenvalue weighted by Crippen LogP contribution is 2.30. The molecule has 1 heterocycles. The molecule has 6 nitrogen and oxygen atoms in total. The van der Waals surface area contributed by atoms with Crippen molar-refractivity contribution in [3.63, 3.8) is 0 Å². The first kappa shape index (κ1) is 12.3. The smallest absolute Gasteiger partial charge is 0.342 e. The normalized spacial score (nSPS) is 14.8. The summed E-state index contributed by atoms with van der Waals surface area (Å²) in [5.41, 5.74) is -1.08. The molecular formula is C11H11FN2O4. The van der Waals surface area contributed by atoms with Gasteiger partial charge in [-0.05, 0) is 18.9 Å². The molecule has 0 bridgehead atoms. The SMILES string of the molecule is O=C(O)c1cc(N2CCCC2)c(F)cc1[N+](=O)[O-]. The van der Waals surface area contributed by atoms with Gasteiger partial charge in [-0.1, -0.05) is 0 Å². The topological polar surface area (TPSA) is 83.7 Å². The first-order valence-corrected chi connectivity index (χ1v) is 5.47. The van der Waals surface area contributed by atoms with Crippen LogP contribution in [0.25, 0.3) is 0 Å². The number of carboxylic acids is 1. The number of hydrogen-bond acceptors (Lipinski definition) is 4. The Morgan fingerprint density at radius 3 is 2.50 bits per heavy atom. The second-order valence-corrected chi connectivity index (χ2v) is 4.08. The Morgan fingerprint density at radius 1 is 1.39 bits per heavy atom. The number of hydrogen-bond donors (Lipinski definition) is 1. The first-order chi connectivity index (χ1) is 8.50. The van der Waals surface area contributed by atoms with Crippen LogP contribution in [-0.4, -0.2) is 29.1 Å². The number of carboxylic acid groups (broad SMARTS) is 1. The number of anilines is 1. The standard InChI is InChI=1S/C11H11FN2O4/c12-8-6-9(14(17)18)7(11(15)16)5-10(8)13-3-1-2-4-13/h5-6H,1-4H2,(H,15,16). The lowest BCUT2D eigenvalue weighted by atomic mass is 10.1. The van der Waals surface area contributed by atoms with Crippen LogP contribution in [0.2, 0.25) is 0 Å². The zero-order valence-electron chi connectivity index (χ0n) is 9.43. The van der Waals surface area contributed by atoms with E-state index in [1.807, 2.05) is 0 Å². The van der Waals surface area contributed by atoms with E-state index in [0.717, 1.165) is 18.9 Å². The molecule has 1 aliphatic rings. The van der Waals surface area contributed by atoms with Gasteiger partial charge >= 0.3 is 5.97 Å². The maximum Gasteiger partial charge on any atom is 0.342 e. The van der Waals surface area contributed by atoms with E-state index in [0.29, 0.717) is 19.2 Å². The summed E-state index contributed by atoms with van der Waals surface area (Å²) in [5.74, 6) is -2.18. The van der Waals surface area contributed by atoms with Crippen LogP contribution in [0.3, 0.4) is 0 Å². The van der Waals surface area contributed by atoms with Crippen LogP contribution < -0.4 is 4.90 Å². The highest BCUT2D eigenvalue weighted by Gasteiger charge is 2.26. The summed E-state index contributed by atoms with van der Waals surface area (Å²) in [4.78, 5) is 22.4. The number of halogens is 1. The zero-order valence-corrected chi connectivity index (χ0v) is 9.43. The molecule has 0 saturated carbocycles. The van der Waals surface area contributed by atoms with E-state index in [9.17, 15) is 19.3 Å². The number of nitrogens with zero attached hydrogens (tertiary/aromatic N) is 2. The molecule has 96 valence electrons. The summed E-state index contributed by atoms with van der Waals surface area (Å²) in [6, 6.07) is 1.72. The van der Waals surface area contributed by atoms with Gasteiger partial charge in [0, 0.05) is 13.1 Å². The van der Waals surface area contributed by atoms with Gasteiger partial charge in [0.1, 0.15) is 5.56 Å². The third-order valence-corrected chi connectivity index (χ3v) is 2.94. The van der Waals surface area contributed by atoms with Crippen LogP contribution in [0.1, 0.15) is 23.2 Å². The zero-order chi connectivity index (χ0) is 13.3. The van der Waals surface area contributed by atoms with Crippen LogP contribution in [-0.2, 0) is 0 Å². The van der Waals surface area contributed by atoms with E-state index in [2.05, 4.69) is 0 Å². The molecule has 1 saturated heterocycles. The lowest BCUT2D eigenvalue weighted by molar-refractivity contribution is -0.385. The fraction of sp³-hybridized carbons (Fsp3) is 0.364. The van der Waals surface area contributed by atoms with E-state index in [1.165, 1.54) is 0 Å². The summed E-state index contributed by atoms with van der Waals surface area (Å²) < 4.78 is 13.8. The maximum atomic E-state index is 13.8. The molecule has 0 radical (unpaired) electrons. The van der Waals surface area contributed by atoms with Crippen molar-refractivity contribution >= 4 is 17.3 Å². The minimum atomic E-state index is -1.43. The van der Waals surface area contributed by atoms with Crippen molar-refractivity contribution in [1.29, 1.82) is 0 Å². The number of benzene rings is 1. The largest absolute Gasteiger partial charge is 0.477 e. The molecule has 1 N–H and O–H groups in total. The predicted octanol–water partition coefficient (Wildman–Crippen LogP) is 2.03. The molecule has 0 atom stereocenters. The third-order valence-electron chi connectivity index (χ3n) is 2.94. The minimum absolute atomic E-state index is 0.121. The molecule has 0 spiro atoms. The van der Waals surface area contributed by atoms with Crippen molar-refractivity contribution in [3.8, 4) is 0 Å². The molecule has 2 rings (SSSR count). The molecule has 1 aromatic carbocycles. The molecule has 1 fully saturated rings. The van der Waals surface area contributed by atoms with Gasteiger partial charge in [-0.15, -0.1) is 0 Å². The van der Waals surface area contributed by atoms with Gasteiger partial charge < -0.3 is 10.0 Å². The Kier molecular flexibility index (Phi) is 3.14. The molecule has 0 amide bonds. The second kappa shape index (κ2) is 4.59. The molecule has 1 aromatic rings. The van der Waals surface area contributed by atoms with E-state index in [-0.39, 0.29) is 5.69 Å². The Morgan fingerprint density at radius 2 is 2.00 bits per heavy atom. The average Bonchev–Trinajstić information content (AvgIpc) is 2.81. The molecule has 7 heteroatoms. The number of nitro groups is 1. The first-order valence-electron chi connectivity index (χ1n) is 5.47. The van der Waals surface area contributed by atoms with Crippen molar-refractivity contribution < 1.29 is 19.2 Å². The quantitative estimate of drug-likeness (QED) is 0.659. The van der Waals surface area contributed by atoms with Gasteiger partial charge in [-0.2, -0.15) is 0 Å². The van der Waals surface area contributed by atoms with Gasteiger partial charge in [0.2, 0.25) is 0 Å². The monoisotopic (exact) mass is 254 g/mol. The van der Waals surface area contributed by atoms with E-state index in [1.54, 1.807) is 4.90 Å². The van der Waals surface area contributed by atoms with Gasteiger partial charge in [-0.25, -0.2) is 9.18 Å². The summed E-state index contributed by atoms with van der Waals surface area (Å²) in [7, 11) is 0. The Balaban J connectivity index is 2.52. The molecule has 0 aromatic heterocycles. The van der Waals surface area contributed by atoms with E-state index in [4.69, 9.17) is 5.11 Å². The van der Waals surface area contributed by atoms with Gasteiger partial charge in [-0.3, -0.25) is 10.1 Å². The maximum absolute atomic E-state index is 13.8. The second-order valence-electron chi connectivity index (χ2n) is 4.08. The molecule has 0 aliphatic carbocycles. The Labute approximate surface area is 102 Å². The van der Waals surface area contributed by atoms with Crippen molar-refractivity contribution in [3.05, 3.63) is 33.6 Å². The molecule has 0 unspecified atom stereocenters. The summed E-state index contributed by atoms with van der Waals surface area (Å²) in [5, 5.41) is 19.6. The molecule has 1 aliphatic heterocycles. The number of nitro benzene ring substituents is 1. The lowest BCUT2D eigenvalue weighted by Crippen LogP contribution is -2.20. The highest BCUT2D eigenvalue weighted by atomic mass is 19.1. The van der Waals surface area contributed by atoms with Crippen LogP contribution in [0.5, 0.6) is 0 Å². The highest BCUT2D eigenvalue weighted by molar-refractivity contribution is 5.93. The fourth-order valence-electron chi connectivity index (χ4n) is 2.07. The van der Waals surface area contributed by atoms with Crippen LogP contribution in [0, 0.1) is 15.9 Å². The van der Waals surface area contributed by atoms with Crippen molar-refractivity contribution in [2.24, 2.45) is 0 Å². The van der Waals surface area contributed by atoms with Crippen LogP contribution >= 0.6 is 0 Å². The summed E-state index contributed by atoms with van der Waals surface area (Å²) in [6.45, 7) is 1.27. The molecule has 18 heavy (non-hydrogen) atoms. The minimum Gasteiger partial charge on any atom is -0.477 e. The third kappa shape index (κ3) is 2.11. The van der Waals surface area contributed by atoms with E-state index >= 15 is 0 Å². The van der Waals surface area contributed by atoms with Crippen LogP contribution in [0.4, 0.5) is 15.8 Å². The van der Waals surface area contributed by atoms with Gasteiger partial charge in [0.15, 0.2) is 5.82 Å². The van der Waals surface area contributed by atoms with Crippen LogP contribution in [0.15, 0.2) is 12.1 Å². The van der Waals surface area contributed by atoms with Crippen molar-refractivity contribution in [2.75, 3.05) is 18.0 Å². The number of aromatic carboxylic acids is 1. The molecular weight excluding hydrogens is 243 g/mol. The average molecular weight is 254 g/mol. The van der Waals surface area contributed by atoms with Gasteiger partial charge in [0.25, 0.3) is 5.69 Å². The van der Waals surface area contributed by atoms with Crippen molar-refractivity contribution in [2.45, 2.75) is 12.8 Å². The van der Waals surface area contributed by atoms with Gasteiger partial charge in [0.05, 0.1) is 16.7 Å². The summed E-state index contributed by atoms with van der Waals surface area (Å²) >= 11 is 0. The fourth-order valence-corrected chi connectivity index (χ4v) is 2.07. The van der Waals surface area contributed by atoms with Crippen molar-refractivity contribution in [1.82, 2.24) is 0 Å². The Hall–Kier alpha value is -2.18. The summed E-state index contributed by atoms with van der Waals surface area (Å²) in [6.07, 6.45) is 1.80. The Bertz CT molecular complexity index is 512. The number of carbonyl (C=O) groups is 1.